The van der Waals surface area contributed by atoms with Gasteiger partial charge in [-0.1, -0.05) is 0 Å². The van der Waals surface area contributed by atoms with Crippen molar-refractivity contribution in [3.05, 3.63) is 29.6 Å². The van der Waals surface area contributed by atoms with Crippen molar-refractivity contribution in [1.82, 2.24) is 9.88 Å². The van der Waals surface area contributed by atoms with E-state index in [1.165, 1.54) is 11.1 Å². The number of nitrogens with zero attached hydrogens (tertiary/aromatic N) is 3. The maximum Gasteiger partial charge on any atom is 0.326 e. The second-order valence-corrected chi connectivity index (χ2v) is 4.08. The van der Waals surface area contributed by atoms with Crippen LogP contribution in [0, 0.1) is 11.3 Å². The summed E-state index contributed by atoms with van der Waals surface area (Å²) in [5, 5.41) is 17.7. The zero-order valence-electron chi connectivity index (χ0n) is 9.54. The maximum absolute atomic E-state index is 11.6. The van der Waals surface area contributed by atoms with E-state index in [0.29, 0.717) is 12.0 Å². The molecule has 0 saturated carbocycles. The Labute approximate surface area is 103 Å². The predicted octanol–water partition coefficient (Wildman–Crippen LogP) is 0.529. The van der Waals surface area contributed by atoms with E-state index in [9.17, 15) is 9.59 Å². The van der Waals surface area contributed by atoms with Crippen LogP contribution in [0.3, 0.4) is 0 Å². The SMILES string of the molecule is N#Cc1cc(CN2C(=O)CCC2C(=O)O)ccn1. The maximum atomic E-state index is 11.6. The van der Waals surface area contributed by atoms with Crippen LogP contribution < -0.4 is 0 Å². The number of nitriles is 1. The minimum Gasteiger partial charge on any atom is -0.480 e. The van der Waals surface area contributed by atoms with E-state index in [2.05, 4.69) is 4.98 Å². The van der Waals surface area contributed by atoms with E-state index in [-0.39, 0.29) is 24.6 Å². The number of carboxylic acid groups (broad SMARTS) is 1. The second kappa shape index (κ2) is 4.84. The second-order valence-electron chi connectivity index (χ2n) is 4.08. The fraction of sp³-hybridized carbons (Fsp3) is 0.333. The standard InChI is InChI=1S/C12H11N3O3/c13-6-9-5-8(3-4-14-9)7-15-10(12(17)18)1-2-11(15)16/h3-5,10H,1-2,7H2,(H,17,18). The molecule has 1 N–H and O–H groups in total. The third-order valence-corrected chi connectivity index (χ3v) is 2.91. The monoisotopic (exact) mass is 245 g/mol. The molecular weight excluding hydrogens is 234 g/mol. The van der Waals surface area contributed by atoms with Gasteiger partial charge in [0, 0.05) is 19.2 Å². The van der Waals surface area contributed by atoms with Gasteiger partial charge in [-0.05, 0) is 24.1 Å². The first-order valence-corrected chi connectivity index (χ1v) is 5.49. The van der Waals surface area contributed by atoms with Gasteiger partial charge in [-0.2, -0.15) is 5.26 Å². The highest BCUT2D eigenvalue weighted by molar-refractivity contribution is 5.87. The van der Waals surface area contributed by atoms with Gasteiger partial charge in [0.1, 0.15) is 17.8 Å². The average Bonchev–Trinajstić information content (AvgIpc) is 2.71. The lowest BCUT2D eigenvalue weighted by Crippen LogP contribution is -2.37. The Morgan fingerprint density at radius 2 is 2.44 bits per heavy atom. The highest BCUT2D eigenvalue weighted by Gasteiger charge is 2.35. The lowest BCUT2D eigenvalue weighted by atomic mass is 10.2. The minimum absolute atomic E-state index is 0.169. The van der Waals surface area contributed by atoms with E-state index in [0.717, 1.165) is 0 Å². The molecule has 0 aromatic carbocycles. The molecule has 0 spiro atoms. The third kappa shape index (κ3) is 2.30. The first-order chi connectivity index (χ1) is 8.61. The van der Waals surface area contributed by atoms with Crippen LogP contribution in [-0.2, 0) is 16.1 Å². The van der Waals surface area contributed by atoms with Gasteiger partial charge in [-0.25, -0.2) is 9.78 Å². The van der Waals surface area contributed by atoms with Gasteiger partial charge in [-0.3, -0.25) is 4.79 Å². The van der Waals surface area contributed by atoms with Gasteiger partial charge in [0.25, 0.3) is 0 Å². The van der Waals surface area contributed by atoms with Gasteiger partial charge < -0.3 is 10.0 Å². The Morgan fingerprint density at radius 1 is 1.67 bits per heavy atom. The number of carboxylic acids is 1. The van der Waals surface area contributed by atoms with Crippen molar-refractivity contribution in [2.24, 2.45) is 0 Å². The largest absolute Gasteiger partial charge is 0.480 e. The van der Waals surface area contributed by atoms with Crippen molar-refractivity contribution < 1.29 is 14.7 Å². The number of carbonyl (C=O) groups is 2. The number of aliphatic carboxylic acids is 1. The fourth-order valence-electron chi connectivity index (χ4n) is 2.02. The van der Waals surface area contributed by atoms with Gasteiger partial charge in [-0.15, -0.1) is 0 Å². The zero-order valence-corrected chi connectivity index (χ0v) is 9.54. The molecule has 1 aromatic rings. The lowest BCUT2D eigenvalue weighted by molar-refractivity contribution is -0.146. The molecule has 0 bridgehead atoms. The van der Waals surface area contributed by atoms with Crippen LogP contribution in [0.1, 0.15) is 24.1 Å². The number of amides is 1. The Bertz CT molecular complexity index is 536. The van der Waals surface area contributed by atoms with Crippen molar-refractivity contribution >= 4 is 11.9 Å². The molecule has 0 radical (unpaired) electrons. The van der Waals surface area contributed by atoms with E-state index in [4.69, 9.17) is 10.4 Å². The quantitative estimate of drug-likeness (QED) is 0.838. The lowest BCUT2D eigenvalue weighted by Gasteiger charge is -2.21. The van der Waals surface area contributed by atoms with Crippen LogP contribution in [0.15, 0.2) is 18.3 Å². The Kier molecular flexibility index (Phi) is 3.24. The molecule has 6 nitrogen and oxygen atoms in total. The van der Waals surface area contributed by atoms with E-state index in [1.54, 1.807) is 12.1 Å². The van der Waals surface area contributed by atoms with Crippen LogP contribution >= 0.6 is 0 Å². The fourth-order valence-corrected chi connectivity index (χ4v) is 2.02. The number of likely N-dealkylation sites (tertiary alicyclic amines) is 1. The average molecular weight is 245 g/mol. The highest BCUT2D eigenvalue weighted by Crippen LogP contribution is 2.21. The first-order valence-electron chi connectivity index (χ1n) is 5.49. The van der Waals surface area contributed by atoms with Crippen LogP contribution in [0.25, 0.3) is 0 Å². The van der Waals surface area contributed by atoms with E-state index in [1.807, 2.05) is 6.07 Å². The van der Waals surface area contributed by atoms with Crippen molar-refractivity contribution in [3.63, 3.8) is 0 Å². The van der Waals surface area contributed by atoms with Gasteiger partial charge >= 0.3 is 5.97 Å². The molecule has 1 amide bonds. The summed E-state index contributed by atoms with van der Waals surface area (Å²) in [4.78, 5) is 27.8. The molecule has 1 saturated heterocycles. The van der Waals surface area contributed by atoms with Crippen LogP contribution in [0.2, 0.25) is 0 Å². The molecule has 92 valence electrons. The molecule has 1 aliphatic rings. The number of hydrogen-bond acceptors (Lipinski definition) is 4. The van der Waals surface area contributed by atoms with E-state index < -0.39 is 12.0 Å². The number of carbonyl (C=O) groups excluding carboxylic acids is 1. The number of hydrogen-bond donors (Lipinski definition) is 1. The van der Waals surface area contributed by atoms with Crippen molar-refractivity contribution in [2.75, 3.05) is 0 Å². The first kappa shape index (κ1) is 12.0. The zero-order chi connectivity index (χ0) is 13.1. The summed E-state index contributed by atoms with van der Waals surface area (Å²) in [5.74, 6) is -1.16. The van der Waals surface area contributed by atoms with Crippen LogP contribution in [0.5, 0.6) is 0 Å². The molecule has 2 heterocycles. The summed E-state index contributed by atoms with van der Waals surface area (Å²) in [7, 11) is 0. The number of pyridine rings is 1. The van der Waals surface area contributed by atoms with Crippen molar-refractivity contribution in [1.29, 1.82) is 5.26 Å². The van der Waals surface area contributed by atoms with Crippen molar-refractivity contribution in [3.8, 4) is 6.07 Å². The molecule has 1 aliphatic heterocycles. The summed E-state index contributed by atoms with van der Waals surface area (Å²) in [6.45, 7) is 0.201. The number of rotatable bonds is 3. The van der Waals surface area contributed by atoms with E-state index >= 15 is 0 Å². The normalized spacial score (nSPS) is 18.7. The third-order valence-electron chi connectivity index (χ3n) is 2.91. The molecule has 18 heavy (non-hydrogen) atoms. The van der Waals surface area contributed by atoms with Crippen LogP contribution in [-0.4, -0.2) is 32.9 Å². The molecule has 2 rings (SSSR count). The number of aromatic nitrogens is 1. The molecule has 0 aliphatic carbocycles. The molecule has 1 atom stereocenters. The molecule has 1 unspecified atom stereocenters. The molecule has 1 fully saturated rings. The molecular formula is C12H11N3O3. The minimum atomic E-state index is -0.990. The summed E-state index contributed by atoms with van der Waals surface area (Å²) < 4.78 is 0. The summed E-state index contributed by atoms with van der Waals surface area (Å²) in [6, 6.07) is 4.37. The topological polar surface area (TPSA) is 94.3 Å². The van der Waals surface area contributed by atoms with Gasteiger partial charge in [0.15, 0.2) is 0 Å². The summed E-state index contributed by atoms with van der Waals surface area (Å²) >= 11 is 0. The molecule has 1 aromatic heterocycles. The highest BCUT2D eigenvalue weighted by atomic mass is 16.4. The van der Waals surface area contributed by atoms with Crippen LogP contribution in [0.4, 0.5) is 0 Å². The summed E-state index contributed by atoms with van der Waals surface area (Å²) in [5.41, 5.74) is 0.967. The van der Waals surface area contributed by atoms with Crippen molar-refractivity contribution in [2.45, 2.75) is 25.4 Å². The molecule has 6 heteroatoms. The van der Waals surface area contributed by atoms with Gasteiger partial charge in [0.2, 0.25) is 5.91 Å². The Hall–Kier alpha value is -2.42. The van der Waals surface area contributed by atoms with Gasteiger partial charge in [0.05, 0.1) is 0 Å². The predicted molar refractivity (Wildman–Crippen MR) is 60.2 cm³/mol. The Balaban J connectivity index is 2.19. The Morgan fingerprint density at radius 3 is 3.11 bits per heavy atom. The summed E-state index contributed by atoms with van der Waals surface area (Å²) in [6.07, 6.45) is 2.07. The smallest absolute Gasteiger partial charge is 0.326 e.